The fourth-order valence-corrected chi connectivity index (χ4v) is 3.40. The standard InChI is InChI=1S/C14H15BrOS/c1-10-3-5-11(6-4-10)14(2,16)8-13-7-12(15)9-17-13/h3-7,9,16H,8H2,1-2H3. The van der Waals surface area contributed by atoms with Crippen molar-refractivity contribution in [2.24, 2.45) is 0 Å². The molecule has 0 radical (unpaired) electrons. The molecule has 0 aliphatic carbocycles. The summed E-state index contributed by atoms with van der Waals surface area (Å²) >= 11 is 5.10. The maximum atomic E-state index is 10.5. The van der Waals surface area contributed by atoms with Crippen molar-refractivity contribution in [3.05, 3.63) is 56.2 Å². The monoisotopic (exact) mass is 310 g/mol. The highest BCUT2D eigenvalue weighted by Gasteiger charge is 2.24. The summed E-state index contributed by atoms with van der Waals surface area (Å²) in [5.74, 6) is 0. The van der Waals surface area contributed by atoms with Crippen molar-refractivity contribution in [1.82, 2.24) is 0 Å². The van der Waals surface area contributed by atoms with Crippen LogP contribution in [-0.2, 0) is 12.0 Å². The number of aliphatic hydroxyl groups is 1. The van der Waals surface area contributed by atoms with Gasteiger partial charge in [0.1, 0.15) is 0 Å². The quantitative estimate of drug-likeness (QED) is 0.897. The second-order valence-electron chi connectivity index (χ2n) is 4.55. The summed E-state index contributed by atoms with van der Waals surface area (Å²) in [7, 11) is 0. The first kappa shape index (κ1) is 12.8. The van der Waals surface area contributed by atoms with Gasteiger partial charge in [-0.05, 0) is 41.4 Å². The van der Waals surface area contributed by atoms with Crippen LogP contribution in [0.3, 0.4) is 0 Å². The van der Waals surface area contributed by atoms with Crippen LogP contribution in [-0.4, -0.2) is 5.11 Å². The Kier molecular flexibility index (Phi) is 3.71. The van der Waals surface area contributed by atoms with Crippen LogP contribution < -0.4 is 0 Å². The van der Waals surface area contributed by atoms with Gasteiger partial charge in [-0.15, -0.1) is 11.3 Å². The van der Waals surface area contributed by atoms with Crippen molar-refractivity contribution in [1.29, 1.82) is 0 Å². The zero-order valence-corrected chi connectivity index (χ0v) is 12.3. The van der Waals surface area contributed by atoms with Crippen molar-refractivity contribution in [3.8, 4) is 0 Å². The minimum Gasteiger partial charge on any atom is -0.385 e. The number of aryl methyl sites for hydroxylation is 1. The number of benzene rings is 1. The SMILES string of the molecule is Cc1ccc(C(C)(O)Cc2cc(Br)cs2)cc1. The molecule has 1 atom stereocenters. The van der Waals surface area contributed by atoms with Gasteiger partial charge in [-0.3, -0.25) is 0 Å². The Hall–Kier alpha value is -0.640. The van der Waals surface area contributed by atoms with Crippen LogP contribution >= 0.6 is 27.3 Å². The van der Waals surface area contributed by atoms with Gasteiger partial charge in [0.25, 0.3) is 0 Å². The molecule has 1 unspecified atom stereocenters. The van der Waals surface area contributed by atoms with E-state index in [-0.39, 0.29) is 0 Å². The van der Waals surface area contributed by atoms with Crippen molar-refractivity contribution < 1.29 is 5.11 Å². The molecule has 2 rings (SSSR count). The summed E-state index contributed by atoms with van der Waals surface area (Å²) in [6.45, 7) is 3.92. The first-order valence-corrected chi connectivity index (χ1v) is 7.17. The third kappa shape index (κ3) is 3.18. The number of halogens is 1. The van der Waals surface area contributed by atoms with Crippen LogP contribution in [0.25, 0.3) is 0 Å². The molecular formula is C14H15BrOS. The Balaban J connectivity index is 2.21. The lowest BCUT2D eigenvalue weighted by atomic mass is 9.91. The van der Waals surface area contributed by atoms with E-state index < -0.39 is 5.60 Å². The summed E-state index contributed by atoms with van der Waals surface area (Å²) in [5.41, 5.74) is 1.37. The zero-order valence-electron chi connectivity index (χ0n) is 9.90. The first-order chi connectivity index (χ1) is 7.97. The highest BCUT2D eigenvalue weighted by Crippen LogP contribution is 2.29. The van der Waals surface area contributed by atoms with Crippen molar-refractivity contribution in [2.45, 2.75) is 25.9 Å². The molecule has 0 fully saturated rings. The van der Waals surface area contributed by atoms with Gasteiger partial charge in [0.15, 0.2) is 0 Å². The van der Waals surface area contributed by atoms with Gasteiger partial charge in [-0.25, -0.2) is 0 Å². The van der Waals surface area contributed by atoms with E-state index in [0.717, 1.165) is 10.0 Å². The molecule has 17 heavy (non-hydrogen) atoms. The largest absolute Gasteiger partial charge is 0.385 e. The molecule has 0 aliphatic rings. The third-order valence-corrected chi connectivity index (χ3v) is 4.51. The lowest BCUT2D eigenvalue weighted by Gasteiger charge is -2.23. The highest BCUT2D eigenvalue weighted by molar-refractivity contribution is 9.10. The Morgan fingerprint density at radius 2 is 1.94 bits per heavy atom. The van der Waals surface area contributed by atoms with Crippen molar-refractivity contribution >= 4 is 27.3 Å². The number of rotatable bonds is 3. The molecule has 0 amide bonds. The average Bonchev–Trinajstić information content (AvgIpc) is 2.63. The number of hydrogen-bond donors (Lipinski definition) is 1. The van der Waals surface area contributed by atoms with E-state index in [1.165, 1.54) is 10.4 Å². The molecule has 1 heterocycles. The van der Waals surface area contributed by atoms with Crippen molar-refractivity contribution in [2.75, 3.05) is 0 Å². The first-order valence-electron chi connectivity index (χ1n) is 5.50. The fourth-order valence-electron chi connectivity index (χ4n) is 1.80. The molecule has 2 aromatic rings. The Bertz CT molecular complexity index is 499. The van der Waals surface area contributed by atoms with Crippen LogP contribution in [0.4, 0.5) is 0 Å². The van der Waals surface area contributed by atoms with E-state index in [1.807, 2.05) is 36.6 Å². The molecule has 0 spiro atoms. The lowest BCUT2D eigenvalue weighted by molar-refractivity contribution is 0.0585. The van der Waals surface area contributed by atoms with Gasteiger partial charge >= 0.3 is 0 Å². The predicted octanol–water partition coefficient (Wildman–Crippen LogP) is 4.27. The maximum absolute atomic E-state index is 10.5. The van der Waals surface area contributed by atoms with E-state index >= 15 is 0 Å². The van der Waals surface area contributed by atoms with Crippen LogP contribution in [0.5, 0.6) is 0 Å². The predicted molar refractivity (Wildman–Crippen MR) is 76.5 cm³/mol. The van der Waals surface area contributed by atoms with Gasteiger partial charge in [-0.2, -0.15) is 0 Å². The van der Waals surface area contributed by atoms with Gasteiger partial charge in [0.05, 0.1) is 5.60 Å². The second-order valence-corrected chi connectivity index (χ2v) is 6.46. The molecule has 3 heteroatoms. The maximum Gasteiger partial charge on any atom is 0.0916 e. The normalized spacial score (nSPS) is 14.6. The Labute approximate surface area is 114 Å². The Morgan fingerprint density at radius 3 is 2.47 bits per heavy atom. The minimum absolute atomic E-state index is 0.645. The summed E-state index contributed by atoms with van der Waals surface area (Å²) in [6.07, 6.45) is 0.645. The third-order valence-electron chi connectivity index (χ3n) is 2.81. The molecule has 1 aromatic carbocycles. The second kappa shape index (κ2) is 4.92. The molecule has 0 saturated heterocycles. The minimum atomic E-state index is -0.808. The van der Waals surface area contributed by atoms with E-state index in [9.17, 15) is 5.11 Å². The molecule has 90 valence electrons. The van der Waals surface area contributed by atoms with Crippen molar-refractivity contribution in [3.63, 3.8) is 0 Å². The molecule has 1 N–H and O–H groups in total. The molecule has 1 nitrogen and oxygen atoms in total. The van der Waals surface area contributed by atoms with E-state index in [4.69, 9.17) is 0 Å². The summed E-state index contributed by atoms with van der Waals surface area (Å²) in [6, 6.07) is 10.1. The smallest absolute Gasteiger partial charge is 0.0916 e. The van der Waals surface area contributed by atoms with Gasteiger partial charge in [0.2, 0.25) is 0 Å². The average molecular weight is 311 g/mol. The van der Waals surface area contributed by atoms with Gasteiger partial charge in [-0.1, -0.05) is 29.8 Å². The fraction of sp³-hybridized carbons (Fsp3) is 0.286. The van der Waals surface area contributed by atoms with Crippen LogP contribution in [0, 0.1) is 6.92 Å². The lowest BCUT2D eigenvalue weighted by Crippen LogP contribution is -2.23. The molecule has 1 aromatic heterocycles. The molecule has 0 saturated carbocycles. The summed E-state index contributed by atoms with van der Waals surface area (Å²) in [5, 5.41) is 12.6. The number of hydrogen-bond acceptors (Lipinski definition) is 2. The summed E-state index contributed by atoms with van der Waals surface area (Å²) in [4.78, 5) is 1.18. The van der Waals surface area contributed by atoms with Gasteiger partial charge < -0.3 is 5.11 Å². The molecule has 0 bridgehead atoms. The van der Waals surface area contributed by atoms with E-state index in [2.05, 4.69) is 28.9 Å². The zero-order chi connectivity index (χ0) is 12.5. The molecular weight excluding hydrogens is 296 g/mol. The van der Waals surface area contributed by atoms with E-state index in [1.54, 1.807) is 11.3 Å². The van der Waals surface area contributed by atoms with E-state index in [0.29, 0.717) is 6.42 Å². The topological polar surface area (TPSA) is 20.2 Å². The van der Waals surface area contributed by atoms with Crippen LogP contribution in [0.2, 0.25) is 0 Å². The van der Waals surface area contributed by atoms with Crippen LogP contribution in [0.1, 0.15) is 22.9 Å². The highest BCUT2D eigenvalue weighted by atomic mass is 79.9. The molecule has 0 aliphatic heterocycles. The Morgan fingerprint density at radius 1 is 1.29 bits per heavy atom. The van der Waals surface area contributed by atoms with Gasteiger partial charge in [0, 0.05) is 21.2 Å². The van der Waals surface area contributed by atoms with Crippen LogP contribution in [0.15, 0.2) is 40.2 Å². The number of thiophene rings is 1. The summed E-state index contributed by atoms with van der Waals surface area (Å²) < 4.78 is 1.08.